The van der Waals surface area contributed by atoms with Crippen molar-refractivity contribution >= 4 is 11.8 Å². The Morgan fingerprint density at radius 1 is 1.39 bits per heavy atom. The fraction of sp³-hybridized carbons (Fsp3) is 0.562. The maximum atomic E-state index is 12.8. The van der Waals surface area contributed by atoms with Crippen molar-refractivity contribution in [3.63, 3.8) is 0 Å². The lowest BCUT2D eigenvalue weighted by Gasteiger charge is -2.35. The molecule has 7 nitrogen and oxygen atoms in total. The van der Waals surface area contributed by atoms with Gasteiger partial charge < -0.3 is 19.7 Å². The first-order valence-electron chi connectivity index (χ1n) is 7.91. The normalized spacial score (nSPS) is 20.4. The lowest BCUT2D eigenvalue weighted by molar-refractivity contribution is -0.128. The molecular weight excluding hydrogens is 298 g/mol. The van der Waals surface area contributed by atoms with Gasteiger partial charge in [-0.2, -0.15) is 0 Å². The van der Waals surface area contributed by atoms with Gasteiger partial charge in [-0.1, -0.05) is 13.8 Å². The van der Waals surface area contributed by atoms with Crippen molar-refractivity contribution in [2.75, 3.05) is 26.3 Å². The van der Waals surface area contributed by atoms with Gasteiger partial charge in [-0.3, -0.25) is 9.59 Å². The van der Waals surface area contributed by atoms with E-state index in [1.54, 1.807) is 17.0 Å². The predicted molar refractivity (Wildman–Crippen MR) is 82.5 cm³/mol. The second kappa shape index (κ2) is 6.44. The zero-order chi connectivity index (χ0) is 16.4. The Kier molecular flexibility index (Phi) is 4.36. The third-order valence-corrected chi connectivity index (χ3v) is 3.91. The Bertz CT molecular complexity index is 617. The van der Waals surface area contributed by atoms with E-state index in [9.17, 15) is 9.59 Å². The largest absolute Gasteiger partial charge is 0.484 e. The molecule has 2 aliphatic heterocycles. The van der Waals surface area contributed by atoms with Gasteiger partial charge in [0.25, 0.3) is 11.8 Å². The van der Waals surface area contributed by atoms with E-state index in [1.165, 1.54) is 0 Å². The highest BCUT2D eigenvalue weighted by atomic mass is 16.6. The third kappa shape index (κ3) is 3.23. The van der Waals surface area contributed by atoms with Crippen LogP contribution < -0.4 is 14.8 Å². The van der Waals surface area contributed by atoms with Gasteiger partial charge in [0.15, 0.2) is 5.75 Å². The van der Waals surface area contributed by atoms with Crippen molar-refractivity contribution in [3.8, 4) is 11.6 Å². The van der Waals surface area contributed by atoms with Gasteiger partial charge in [-0.15, -0.1) is 0 Å². The van der Waals surface area contributed by atoms with Crippen molar-refractivity contribution < 1.29 is 19.1 Å². The maximum Gasteiger partial charge on any atom is 0.273 e. The van der Waals surface area contributed by atoms with Gasteiger partial charge in [0, 0.05) is 13.1 Å². The van der Waals surface area contributed by atoms with Gasteiger partial charge in [-0.25, -0.2) is 4.98 Å². The molecule has 2 amide bonds. The molecule has 0 aliphatic carbocycles. The molecule has 0 radical (unpaired) electrons. The summed E-state index contributed by atoms with van der Waals surface area (Å²) >= 11 is 0. The smallest absolute Gasteiger partial charge is 0.273 e. The molecule has 1 fully saturated rings. The number of carbonyl (C=O) groups excluding carboxylic acids is 2. The Morgan fingerprint density at radius 2 is 2.17 bits per heavy atom. The number of rotatable bonds is 3. The van der Waals surface area contributed by atoms with Crippen molar-refractivity contribution in [1.82, 2.24) is 15.2 Å². The van der Waals surface area contributed by atoms with E-state index in [0.29, 0.717) is 50.3 Å². The molecule has 1 atom stereocenters. The fourth-order valence-corrected chi connectivity index (χ4v) is 2.84. The van der Waals surface area contributed by atoms with Crippen LogP contribution in [0.4, 0.5) is 0 Å². The van der Waals surface area contributed by atoms with Gasteiger partial charge in [0.1, 0.15) is 24.9 Å². The first-order valence-corrected chi connectivity index (χ1v) is 7.91. The number of hydrogen-bond donors (Lipinski definition) is 1. The molecule has 1 aromatic heterocycles. The van der Waals surface area contributed by atoms with E-state index in [4.69, 9.17) is 9.47 Å². The highest BCUT2D eigenvalue weighted by Crippen LogP contribution is 2.28. The minimum Gasteiger partial charge on any atom is -0.484 e. The minimum absolute atomic E-state index is 0.101. The van der Waals surface area contributed by atoms with Crippen LogP contribution in [0.15, 0.2) is 12.1 Å². The number of fused-ring (bicyclic) bond motifs is 1. The van der Waals surface area contributed by atoms with E-state index < -0.39 is 6.04 Å². The summed E-state index contributed by atoms with van der Waals surface area (Å²) in [6, 6.07) is 2.86. The molecule has 0 aromatic carbocycles. The number of amides is 2. The molecule has 124 valence electrons. The Morgan fingerprint density at radius 3 is 2.96 bits per heavy atom. The molecule has 7 heteroatoms. The number of piperazine rings is 1. The summed E-state index contributed by atoms with van der Waals surface area (Å²) in [4.78, 5) is 30.8. The van der Waals surface area contributed by atoms with E-state index >= 15 is 0 Å². The second-order valence-corrected chi connectivity index (χ2v) is 6.13. The van der Waals surface area contributed by atoms with Crippen LogP contribution in [-0.2, 0) is 4.79 Å². The van der Waals surface area contributed by atoms with Crippen LogP contribution in [0.1, 0.15) is 30.8 Å². The summed E-state index contributed by atoms with van der Waals surface area (Å²) in [5, 5.41) is 2.83. The SMILES string of the molecule is CC(C)CC1C(=O)NCCN1C(=O)c1ccc2c(n1)OCCO2. The molecule has 1 saturated heterocycles. The number of pyridine rings is 1. The van der Waals surface area contributed by atoms with Crippen LogP contribution in [0.3, 0.4) is 0 Å². The molecule has 3 rings (SSSR count). The molecule has 0 spiro atoms. The number of ether oxygens (including phenoxy) is 2. The number of carbonyl (C=O) groups is 2. The third-order valence-electron chi connectivity index (χ3n) is 3.91. The molecule has 3 heterocycles. The molecule has 23 heavy (non-hydrogen) atoms. The molecular formula is C16H21N3O4. The average Bonchev–Trinajstić information content (AvgIpc) is 2.55. The predicted octanol–water partition coefficient (Wildman–Crippen LogP) is 0.839. The Balaban J connectivity index is 1.84. The highest BCUT2D eigenvalue weighted by Gasteiger charge is 2.34. The van der Waals surface area contributed by atoms with E-state index in [2.05, 4.69) is 10.3 Å². The minimum atomic E-state index is -0.453. The van der Waals surface area contributed by atoms with Gasteiger partial charge in [-0.05, 0) is 24.5 Å². The highest BCUT2D eigenvalue weighted by molar-refractivity contribution is 5.97. The monoisotopic (exact) mass is 319 g/mol. The van der Waals surface area contributed by atoms with Gasteiger partial charge in [0.05, 0.1) is 0 Å². The second-order valence-electron chi connectivity index (χ2n) is 6.13. The van der Waals surface area contributed by atoms with Gasteiger partial charge >= 0.3 is 0 Å². The summed E-state index contributed by atoms with van der Waals surface area (Å²) in [6.07, 6.45) is 0.627. The van der Waals surface area contributed by atoms with Crippen LogP contribution in [0, 0.1) is 5.92 Å². The lowest BCUT2D eigenvalue weighted by atomic mass is 9.99. The average molecular weight is 319 g/mol. The molecule has 0 saturated carbocycles. The van der Waals surface area contributed by atoms with Crippen LogP contribution in [-0.4, -0.2) is 54.0 Å². The van der Waals surface area contributed by atoms with Crippen LogP contribution in [0.5, 0.6) is 11.6 Å². The maximum absolute atomic E-state index is 12.8. The summed E-state index contributed by atoms with van der Waals surface area (Å²) in [6.45, 7) is 5.91. The van der Waals surface area contributed by atoms with Gasteiger partial charge in [0.2, 0.25) is 5.91 Å². The topological polar surface area (TPSA) is 80.8 Å². The quantitative estimate of drug-likeness (QED) is 0.893. The van der Waals surface area contributed by atoms with Crippen molar-refractivity contribution in [2.45, 2.75) is 26.3 Å². The standard InChI is InChI=1S/C16H21N3O4/c1-10(2)9-12-14(20)17-5-6-19(12)16(21)11-3-4-13-15(18-11)23-8-7-22-13/h3-4,10,12H,5-9H2,1-2H3,(H,17,20). The number of nitrogens with one attached hydrogen (secondary N) is 1. The number of aromatic nitrogens is 1. The summed E-state index contributed by atoms with van der Waals surface area (Å²) in [5.41, 5.74) is 0.276. The van der Waals surface area contributed by atoms with Crippen LogP contribution in [0.2, 0.25) is 0 Å². The zero-order valence-electron chi connectivity index (χ0n) is 13.4. The molecule has 2 aliphatic rings. The molecule has 1 N–H and O–H groups in total. The fourth-order valence-electron chi connectivity index (χ4n) is 2.84. The summed E-state index contributed by atoms with van der Waals surface area (Å²) in [7, 11) is 0. The number of hydrogen-bond acceptors (Lipinski definition) is 5. The van der Waals surface area contributed by atoms with Crippen molar-refractivity contribution in [2.24, 2.45) is 5.92 Å². The Hall–Kier alpha value is -2.31. The van der Waals surface area contributed by atoms with E-state index in [-0.39, 0.29) is 17.5 Å². The molecule has 1 aromatic rings. The van der Waals surface area contributed by atoms with Crippen molar-refractivity contribution in [3.05, 3.63) is 17.8 Å². The van der Waals surface area contributed by atoms with Crippen LogP contribution in [0.25, 0.3) is 0 Å². The summed E-state index contributed by atoms with van der Waals surface area (Å²) < 4.78 is 10.8. The molecule has 1 unspecified atom stereocenters. The van der Waals surface area contributed by atoms with Crippen LogP contribution >= 0.6 is 0 Å². The molecule has 0 bridgehead atoms. The van der Waals surface area contributed by atoms with E-state index in [1.807, 2.05) is 13.8 Å². The Labute approximate surface area is 135 Å². The zero-order valence-corrected chi connectivity index (χ0v) is 13.4. The van der Waals surface area contributed by atoms with Crippen molar-refractivity contribution in [1.29, 1.82) is 0 Å². The van der Waals surface area contributed by atoms with E-state index in [0.717, 1.165) is 0 Å². The number of nitrogens with zero attached hydrogens (tertiary/aromatic N) is 2. The first-order chi connectivity index (χ1) is 11.1. The lowest BCUT2D eigenvalue weighted by Crippen LogP contribution is -2.57. The summed E-state index contributed by atoms with van der Waals surface area (Å²) in [5.74, 6) is 0.845. The first kappa shape index (κ1) is 15.6.